The summed E-state index contributed by atoms with van der Waals surface area (Å²) in [5, 5.41) is 3.87. The normalized spacial score (nSPS) is 12.8. The fourth-order valence-corrected chi connectivity index (χ4v) is 1.62. The number of nitrogens with zero attached hydrogens (tertiary/aromatic N) is 2. The van der Waals surface area contributed by atoms with Crippen LogP contribution in [0.2, 0.25) is 0 Å². The molecule has 0 aromatic carbocycles. The van der Waals surface area contributed by atoms with Gasteiger partial charge in [0.2, 0.25) is 5.89 Å². The lowest BCUT2D eigenvalue weighted by molar-refractivity contribution is -0.146. The Labute approximate surface area is 102 Å². The summed E-state index contributed by atoms with van der Waals surface area (Å²) in [6, 6.07) is 0. The molecule has 17 heavy (non-hydrogen) atoms. The van der Waals surface area contributed by atoms with E-state index in [1.165, 1.54) is 0 Å². The molecule has 1 unspecified atom stereocenters. The summed E-state index contributed by atoms with van der Waals surface area (Å²) in [7, 11) is 0. The van der Waals surface area contributed by atoms with Crippen LogP contribution in [0.4, 0.5) is 0 Å². The third-order valence-electron chi connectivity index (χ3n) is 2.43. The predicted molar refractivity (Wildman–Crippen MR) is 62.5 cm³/mol. The number of hydrogen-bond acceptors (Lipinski definition) is 5. The molecule has 1 rings (SSSR count). The first kappa shape index (κ1) is 13.7. The van der Waals surface area contributed by atoms with Gasteiger partial charge in [-0.1, -0.05) is 25.9 Å². The van der Waals surface area contributed by atoms with Crippen molar-refractivity contribution >= 4 is 5.97 Å². The monoisotopic (exact) mass is 240 g/mol. The fraction of sp³-hybridized carbons (Fsp3) is 0.750. The number of esters is 1. The van der Waals surface area contributed by atoms with Gasteiger partial charge < -0.3 is 9.26 Å². The Kier molecular flexibility index (Phi) is 5.12. The Morgan fingerprint density at radius 1 is 1.41 bits per heavy atom. The average Bonchev–Trinajstić information content (AvgIpc) is 2.67. The molecule has 1 heterocycles. The zero-order chi connectivity index (χ0) is 12.8. The van der Waals surface area contributed by atoms with E-state index in [2.05, 4.69) is 10.1 Å². The van der Waals surface area contributed by atoms with Crippen LogP contribution in [0.3, 0.4) is 0 Å². The van der Waals surface area contributed by atoms with Crippen molar-refractivity contribution in [3.8, 4) is 0 Å². The first-order chi connectivity index (χ1) is 8.10. The van der Waals surface area contributed by atoms with Crippen molar-refractivity contribution in [2.24, 2.45) is 5.92 Å². The van der Waals surface area contributed by atoms with Gasteiger partial charge in [0, 0.05) is 6.42 Å². The summed E-state index contributed by atoms with van der Waals surface area (Å²) in [5.74, 6) is 0.371. The quantitative estimate of drug-likeness (QED) is 0.714. The van der Waals surface area contributed by atoms with Gasteiger partial charge >= 0.3 is 5.97 Å². The molecule has 0 saturated heterocycles. The first-order valence-electron chi connectivity index (χ1n) is 6.09. The van der Waals surface area contributed by atoms with Gasteiger partial charge in [-0.2, -0.15) is 4.98 Å². The largest absolute Gasteiger partial charge is 0.465 e. The molecule has 0 bridgehead atoms. The lowest BCUT2D eigenvalue weighted by Gasteiger charge is -2.14. The highest BCUT2D eigenvalue weighted by Gasteiger charge is 2.30. The van der Waals surface area contributed by atoms with Crippen molar-refractivity contribution in [2.45, 2.75) is 46.5 Å². The van der Waals surface area contributed by atoms with Crippen LogP contribution in [0.25, 0.3) is 0 Å². The molecule has 0 aliphatic rings. The van der Waals surface area contributed by atoms with Crippen LogP contribution in [0, 0.1) is 5.92 Å². The summed E-state index contributed by atoms with van der Waals surface area (Å²) in [4.78, 5) is 16.1. The van der Waals surface area contributed by atoms with E-state index in [1.54, 1.807) is 6.92 Å². The molecule has 0 amide bonds. The van der Waals surface area contributed by atoms with Gasteiger partial charge in [0.25, 0.3) is 0 Å². The lowest BCUT2D eigenvalue weighted by atomic mass is 9.95. The Morgan fingerprint density at radius 3 is 2.65 bits per heavy atom. The number of carbonyl (C=O) groups is 1. The van der Waals surface area contributed by atoms with E-state index in [9.17, 15) is 4.79 Å². The van der Waals surface area contributed by atoms with Gasteiger partial charge in [0.15, 0.2) is 5.82 Å². The van der Waals surface area contributed by atoms with E-state index in [4.69, 9.17) is 9.26 Å². The van der Waals surface area contributed by atoms with Gasteiger partial charge in [0.1, 0.15) is 5.92 Å². The molecule has 0 radical (unpaired) electrons. The molecule has 1 atom stereocenters. The van der Waals surface area contributed by atoms with Crippen LogP contribution in [0.15, 0.2) is 4.52 Å². The van der Waals surface area contributed by atoms with Crippen LogP contribution in [0.5, 0.6) is 0 Å². The molecule has 96 valence electrons. The molecule has 5 heteroatoms. The van der Waals surface area contributed by atoms with E-state index in [0.717, 1.165) is 12.8 Å². The van der Waals surface area contributed by atoms with Crippen molar-refractivity contribution in [1.29, 1.82) is 0 Å². The van der Waals surface area contributed by atoms with E-state index < -0.39 is 5.92 Å². The summed E-state index contributed by atoms with van der Waals surface area (Å²) in [5.41, 5.74) is 0. The fourth-order valence-electron chi connectivity index (χ4n) is 1.62. The molecule has 0 fully saturated rings. The molecule has 5 nitrogen and oxygen atoms in total. The third kappa shape index (κ3) is 3.54. The van der Waals surface area contributed by atoms with Gasteiger partial charge in [-0.25, -0.2) is 0 Å². The van der Waals surface area contributed by atoms with Crippen LogP contribution in [-0.4, -0.2) is 22.7 Å². The molecule has 0 saturated carbocycles. The zero-order valence-corrected chi connectivity index (χ0v) is 10.9. The highest BCUT2D eigenvalue weighted by Crippen LogP contribution is 2.23. The molecule has 1 aromatic rings. The topological polar surface area (TPSA) is 65.2 Å². The Balaban J connectivity index is 2.85. The Morgan fingerprint density at radius 2 is 2.12 bits per heavy atom. The smallest absolute Gasteiger partial charge is 0.317 e. The Bertz CT molecular complexity index is 360. The van der Waals surface area contributed by atoms with Crippen molar-refractivity contribution < 1.29 is 14.1 Å². The van der Waals surface area contributed by atoms with E-state index in [-0.39, 0.29) is 11.9 Å². The molecule has 0 N–H and O–H groups in total. The van der Waals surface area contributed by atoms with Gasteiger partial charge in [-0.3, -0.25) is 4.79 Å². The molecule has 0 aliphatic carbocycles. The maximum atomic E-state index is 11.8. The highest BCUT2D eigenvalue weighted by molar-refractivity contribution is 5.77. The van der Waals surface area contributed by atoms with E-state index >= 15 is 0 Å². The predicted octanol–water partition coefficient (Wildman–Crippen LogP) is 2.32. The second-order valence-electron chi connectivity index (χ2n) is 4.27. The number of carbonyl (C=O) groups excluding carboxylic acids is 1. The van der Waals surface area contributed by atoms with E-state index in [1.807, 2.05) is 20.8 Å². The number of aromatic nitrogens is 2. The molecule has 0 spiro atoms. The summed E-state index contributed by atoms with van der Waals surface area (Å²) < 4.78 is 10.1. The van der Waals surface area contributed by atoms with Gasteiger partial charge in [0.05, 0.1) is 6.61 Å². The minimum absolute atomic E-state index is 0.0844. The second kappa shape index (κ2) is 6.37. The number of ether oxygens (including phenoxy) is 1. The average molecular weight is 240 g/mol. The number of hydrogen-bond donors (Lipinski definition) is 0. The molecular weight excluding hydrogens is 220 g/mol. The molecular formula is C12H20N2O3. The van der Waals surface area contributed by atoms with Crippen LogP contribution >= 0.6 is 0 Å². The van der Waals surface area contributed by atoms with Crippen molar-refractivity contribution in [3.63, 3.8) is 0 Å². The molecule has 0 aliphatic heterocycles. The first-order valence-corrected chi connectivity index (χ1v) is 6.09. The van der Waals surface area contributed by atoms with Gasteiger partial charge in [-0.15, -0.1) is 0 Å². The SMILES string of the molecule is CCCc1nc(C(C(=O)OCC)C(C)C)no1. The standard InChI is InChI=1S/C12H20N2O3/c1-5-7-9-13-11(14-17-9)10(8(3)4)12(15)16-6-2/h8,10H,5-7H2,1-4H3. The van der Waals surface area contributed by atoms with Crippen molar-refractivity contribution in [2.75, 3.05) is 6.61 Å². The summed E-state index contributed by atoms with van der Waals surface area (Å²) in [6.45, 7) is 8.07. The van der Waals surface area contributed by atoms with Crippen molar-refractivity contribution in [3.05, 3.63) is 11.7 Å². The maximum absolute atomic E-state index is 11.8. The lowest BCUT2D eigenvalue weighted by Crippen LogP contribution is -2.22. The second-order valence-corrected chi connectivity index (χ2v) is 4.27. The van der Waals surface area contributed by atoms with Crippen LogP contribution in [-0.2, 0) is 16.0 Å². The van der Waals surface area contributed by atoms with E-state index in [0.29, 0.717) is 18.3 Å². The maximum Gasteiger partial charge on any atom is 0.317 e. The highest BCUT2D eigenvalue weighted by atomic mass is 16.5. The zero-order valence-electron chi connectivity index (χ0n) is 10.9. The number of rotatable bonds is 6. The van der Waals surface area contributed by atoms with Crippen LogP contribution in [0.1, 0.15) is 51.7 Å². The van der Waals surface area contributed by atoms with Crippen LogP contribution < -0.4 is 0 Å². The third-order valence-corrected chi connectivity index (χ3v) is 2.43. The van der Waals surface area contributed by atoms with Crippen molar-refractivity contribution in [1.82, 2.24) is 10.1 Å². The minimum Gasteiger partial charge on any atom is -0.465 e. The van der Waals surface area contributed by atoms with Gasteiger partial charge in [-0.05, 0) is 19.3 Å². The summed E-state index contributed by atoms with van der Waals surface area (Å²) >= 11 is 0. The molecule has 1 aromatic heterocycles. The number of aryl methyl sites for hydroxylation is 1. The summed E-state index contributed by atoms with van der Waals surface area (Å²) in [6.07, 6.45) is 1.67. The minimum atomic E-state index is -0.440. The Hall–Kier alpha value is -1.39.